The molecule has 0 bridgehead atoms. The van der Waals surface area contributed by atoms with Crippen molar-refractivity contribution in [2.45, 2.75) is 19.8 Å². The number of carbonyl (C=O) groups is 2. The minimum absolute atomic E-state index is 0.315. The van der Waals surface area contributed by atoms with Gasteiger partial charge in [-0.15, -0.1) is 0 Å². The molecule has 1 heterocycles. The Balaban J connectivity index is 1.79. The van der Waals surface area contributed by atoms with Crippen molar-refractivity contribution in [2.24, 2.45) is 0 Å². The first-order valence-corrected chi connectivity index (χ1v) is 11.5. The van der Waals surface area contributed by atoms with E-state index < -0.39 is 5.92 Å². The van der Waals surface area contributed by atoms with Crippen molar-refractivity contribution in [3.05, 3.63) is 117 Å². The average Bonchev–Trinajstić information content (AvgIpc) is 2.81. The number of halogens is 2. The van der Waals surface area contributed by atoms with Crippen LogP contribution in [0.1, 0.15) is 25.3 Å². The molecule has 3 N–H and O–H groups in total. The molecule has 4 rings (SSSR count). The first-order valence-electron chi connectivity index (χ1n) is 10.7. The van der Waals surface area contributed by atoms with Crippen molar-refractivity contribution in [1.82, 2.24) is 5.32 Å². The Morgan fingerprint density at radius 2 is 1.18 bits per heavy atom. The summed E-state index contributed by atoms with van der Waals surface area (Å²) in [5, 5.41) is 9.84. The highest BCUT2D eigenvalue weighted by Gasteiger charge is 2.36. The van der Waals surface area contributed by atoms with Crippen LogP contribution in [0.25, 0.3) is 0 Å². The first kappa shape index (κ1) is 23.6. The first-order chi connectivity index (χ1) is 16.3. The Bertz CT molecular complexity index is 1230. The maximum atomic E-state index is 13.5. The monoisotopic (exact) mass is 491 g/mol. The molecule has 0 radical (unpaired) electrons. The lowest BCUT2D eigenvalue weighted by Gasteiger charge is -2.31. The van der Waals surface area contributed by atoms with Gasteiger partial charge in [-0.1, -0.05) is 65.7 Å². The van der Waals surface area contributed by atoms with Gasteiger partial charge < -0.3 is 16.0 Å². The second-order valence-corrected chi connectivity index (χ2v) is 8.76. The third-order valence-corrected chi connectivity index (χ3v) is 6.33. The number of nitrogens with one attached hydrogen (secondary N) is 3. The Kier molecular flexibility index (Phi) is 7.06. The highest BCUT2D eigenvalue weighted by Crippen LogP contribution is 2.40. The van der Waals surface area contributed by atoms with Crippen LogP contribution in [0.3, 0.4) is 0 Å². The molecule has 5 nitrogen and oxygen atoms in total. The number of allylic oxidation sites excluding steroid dienone is 2. The lowest BCUT2D eigenvalue weighted by atomic mass is 9.79. The van der Waals surface area contributed by atoms with Crippen LogP contribution in [0.15, 0.2) is 101 Å². The molecule has 3 aromatic rings. The molecule has 0 unspecified atom stereocenters. The largest absolute Gasteiger partial charge is 0.362 e. The van der Waals surface area contributed by atoms with Crippen molar-refractivity contribution in [3.63, 3.8) is 0 Å². The Hall–Kier alpha value is -3.54. The summed E-state index contributed by atoms with van der Waals surface area (Å²) in [6.45, 7) is 3.64. The molecule has 1 aliphatic rings. The van der Waals surface area contributed by atoms with Crippen LogP contribution in [-0.4, -0.2) is 11.8 Å². The van der Waals surface area contributed by atoms with E-state index >= 15 is 0 Å². The quantitative estimate of drug-likeness (QED) is 0.381. The van der Waals surface area contributed by atoms with Crippen LogP contribution in [-0.2, 0) is 9.59 Å². The molecule has 0 spiro atoms. The molecular weight excluding hydrogens is 469 g/mol. The number of dihydropyridines is 1. The second-order valence-electron chi connectivity index (χ2n) is 7.95. The SMILES string of the molecule is CC1=C(C(=O)Nc2ccccc2)C(c2ccc(Cl)c(Cl)c2)C(C(=O)Nc2ccccc2)=C(C)N1. The highest BCUT2D eigenvalue weighted by atomic mass is 35.5. The molecule has 0 fully saturated rings. The lowest BCUT2D eigenvalue weighted by Crippen LogP contribution is -2.35. The van der Waals surface area contributed by atoms with Crippen molar-refractivity contribution in [3.8, 4) is 0 Å². The zero-order valence-corrected chi connectivity index (χ0v) is 20.2. The van der Waals surface area contributed by atoms with Gasteiger partial charge in [-0.2, -0.15) is 0 Å². The summed E-state index contributed by atoms with van der Waals surface area (Å²) in [4.78, 5) is 27.0. The van der Waals surface area contributed by atoms with Gasteiger partial charge >= 0.3 is 0 Å². The molecule has 0 saturated carbocycles. The second kappa shape index (κ2) is 10.2. The lowest BCUT2D eigenvalue weighted by molar-refractivity contribution is -0.113. The molecule has 1 aliphatic heterocycles. The van der Waals surface area contributed by atoms with Crippen molar-refractivity contribution < 1.29 is 9.59 Å². The number of anilines is 2. The van der Waals surface area contributed by atoms with Crippen LogP contribution in [0.4, 0.5) is 11.4 Å². The summed E-state index contributed by atoms with van der Waals surface area (Å²) < 4.78 is 0. The zero-order valence-electron chi connectivity index (χ0n) is 18.7. The topological polar surface area (TPSA) is 70.2 Å². The molecule has 3 aromatic carbocycles. The van der Waals surface area contributed by atoms with Crippen molar-refractivity contribution >= 4 is 46.4 Å². The third-order valence-electron chi connectivity index (χ3n) is 5.59. The number of carbonyl (C=O) groups excluding carboxylic acids is 2. The number of amides is 2. The summed E-state index contributed by atoms with van der Waals surface area (Å²) in [5.41, 5.74) is 4.14. The van der Waals surface area contributed by atoms with E-state index in [9.17, 15) is 9.59 Å². The number of benzene rings is 3. The standard InChI is InChI=1S/C27H23Cl2N3O2/c1-16-23(26(33)31-19-9-5-3-6-10-19)25(18-13-14-21(28)22(29)15-18)24(17(2)30-16)27(34)32-20-11-7-4-8-12-20/h3-15,25,30H,1-2H3,(H,31,33)(H,32,34). The van der Waals surface area contributed by atoms with E-state index in [1.807, 2.05) is 74.5 Å². The van der Waals surface area contributed by atoms with E-state index in [0.717, 1.165) is 0 Å². The zero-order chi connectivity index (χ0) is 24.2. The number of rotatable bonds is 5. The van der Waals surface area contributed by atoms with E-state index in [1.165, 1.54) is 0 Å². The van der Waals surface area contributed by atoms with E-state index in [4.69, 9.17) is 23.2 Å². The summed E-state index contributed by atoms with van der Waals surface area (Å²) in [5.74, 6) is -1.29. The number of para-hydroxylation sites is 2. The molecule has 0 atom stereocenters. The predicted molar refractivity (Wildman–Crippen MR) is 138 cm³/mol. The summed E-state index contributed by atoms with van der Waals surface area (Å²) in [6, 6.07) is 23.5. The van der Waals surface area contributed by atoms with Gasteiger partial charge in [-0.05, 0) is 55.8 Å². The Labute approximate surface area is 208 Å². The van der Waals surface area contributed by atoms with Crippen LogP contribution in [0, 0.1) is 0 Å². The van der Waals surface area contributed by atoms with Gasteiger partial charge in [0.15, 0.2) is 0 Å². The molecule has 0 aliphatic carbocycles. The molecular formula is C27H23Cl2N3O2. The normalized spacial score (nSPS) is 14.0. The third kappa shape index (κ3) is 5.01. The van der Waals surface area contributed by atoms with Crippen molar-refractivity contribution in [1.29, 1.82) is 0 Å². The number of hydrogen-bond donors (Lipinski definition) is 3. The molecule has 2 amide bonds. The maximum Gasteiger partial charge on any atom is 0.254 e. The van der Waals surface area contributed by atoms with Gasteiger partial charge in [0.05, 0.1) is 10.0 Å². The summed E-state index contributed by atoms with van der Waals surface area (Å²) >= 11 is 12.5. The smallest absolute Gasteiger partial charge is 0.254 e. The molecule has 172 valence electrons. The van der Waals surface area contributed by atoms with E-state index in [-0.39, 0.29) is 11.8 Å². The van der Waals surface area contributed by atoms with Crippen LogP contribution >= 0.6 is 23.2 Å². The summed E-state index contributed by atoms with van der Waals surface area (Å²) in [6.07, 6.45) is 0. The molecule has 0 aromatic heterocycles. The molecule has 0 saturated heterocycles. The highest BCUT2D eigenvalue weighted by molar-refractivity contribution is 6.42. The van der Waals surface area contributed by atoms with Gasteiger partial charge in [-0.25, -0.2) is 0 Å². The van der Waals surface area contributed by atoms with Crippen molar-refractivity contribution in [2.75, 3.05) is 10.6 Å². The minimum atomic E-state index is -0.663. The Morgan fingerprint density at radius 1 is 0.706 bits per heavy atom. The fraction of sp³-hybridized carbons (Fsp3) is 0.111. The van der Waals surface area contributed by atoms with Gasteiger partial charge in [0.2, 0.25) is 0 Å². The Morgan fingerprint density at radius 3 is 1.62 bits per heavy atom. The fourth-order valence-electron chi connectivity index (χ4n) is 4.06. The number of hydrogen-bond acceptors (Lipinski definition) is 3. The predicted octanol–water partition coefficient (Wildman–Crippen LogP) is 6.51. The van der Waals surface area contributed by atoms with E-state index in [0.29, 0.717) is 49.5 Å². The van der Waals surface area contributed by atoms with Crippen LogP contribution in [0.5, 0.6) is 0 Å². The van der Waals surface area contributed by atoms with Gasteiger partial charge in [0.25, 0.3) is 11.8 Å². The molecule has 7 heteroatoms. The fourth-order valence-corrected chi connectivity index (χ4v) is 4.37. The van der Waals surface area contributed by atoms with Crippen LogP contribution < -0.4 is 16.0 Å². The molecule has 34 heavy (non-hydrogen) atoms. The maximum absolute atomic E-state index is 13.5. The van der Waals surface area contributed by atoms with Gasteiger partial charge in [0.1, 0.15) is 0 Å². The van der Waals surface area contributed by atoms with Gasteiger partial charge in [0, 0.05) is 39.8 Å². The minimum Gasteiger partial charge on any atom is -0.362 e. The van der Waals surface area contributed by atoms with Gasteiger partial charge in [-0.3, -0.25) is 9.59 Å². The average molecular weight is 492 g/mol. The summed E-state index contributed by atoms with van der Waals surface area (Å²) in [7, 11) is 0. The van der Waals surface area contributed by atoms with E-state index in [2.05, 4.69) is 16.0 Å². The van der Waals surface area contributed by atoms with E-state index in [1.54, 1.807) is 18.2 Å². The van der Waals surface area contributed by atoms with Crippen LogP contribution in [0.2, 0.25) is 10.0 Å².